The van der Waals surface area contributed by atoms with Crippen molar-refractivity contribution in [3.05, 3.63) is 42.5 Å². The molecule has 0 fully saturated rings. The molecular formula is C11H9F3N2OS. The van der Waals surface area contributed by atoms with Crippen molar-refractivity contribution in [1.82, 2.24) is 9.55 Å². The van der Waals surface area contributed by atoms with Crippen LogP contribution < -0.4 is 0 Å². The van der Waals surface area contributed by atoms with E-state index >= 15 is 0 Å². The molecule has 96 valence electrons. The van der Waals surface area contributed by atoms with E-state index in [0.29, 0.717) is 11.4 Å². The molecule has 0 radical (unpaired) electrons. The summed E-state index contributed by atoms with van der Waals surface area (Å²) in [6, 6.07) is 5.92. The molecule has 1 aromatic heterocycles. The molecule has 0 bridgehead atoms. The zero-order chi connectivity index (χ0) is 13.2. The van der Waals surface area contributed by atoms with Gasteiger partial charge in [0.15, 0.2) is 0 Å². The predicted molar refractivity (Wildman–Crippen MR) is 61.4 cm³/mol. The third-order valence-corrected chi connectivity index (χ3v) is 2.91. The zero-order valence-corrected chi connectivity index (χ0v) is 9.87. The molecular weight excluding hydrogens is 265 g/mol. The van der Waals surface area contributed by atoms with E-state index in [0.717, 1.165) is 0 Å². The summed E-state index contributed by atoms with van der Waals surface area (Å²) in [7, 11) is 0. The fraction of sp³-hybridized carbons (Fsp3) is 0.182. The maximum absolute atomic E-state index is 12.1. The van der Waals surface area contributed by atoms with Crippen molar-refractivity contribution in [3.63, 3.8) is 0 Å². The molecule has 0 amide bonds. The van der Waals surface area contributed by atoms with Crippen molar-refractivity contribution in [2.45, 2.75) is 17.0 Å². The Morgan fingerprint density at radius 1 is 1.22 bits per heavy atom. The van der Waals surface area contributed by atoms with Crippen molar-refractivity contribution in [2.24, 2.45) is 0 Å². The molecule has 2 aromatic rings. The lowest BCUT2D eigenvalue weighted by Crippen LogP contribution is -1.99. The number of aliphatic hydroxyl groups is 1. The van der Waals surface area contributed by atoms with Gasteiger partial charge in [-0.15, -0.1) is 0 Å². The summed E-state index contributed by atoms with van der Waals surface area (Å²) in [6.07, 6.45) is 3.11. The van der Waals surface area contributed by atoms with Crippen molar-refractivity contribution >= 4 is 11.8 Å². The summed E-state index contributed by atoms with van der Waals surface area (Å²) in [6.45, 7) is -0.172. The van der Waals surface area contributed by atoms with Crippen LogP contribution in [-0.2, 0) is 6.61 Å². The number of hydrogen-bond donors (Lipinski definition) is 1. The summed E-state index contributed by atoms with van der Waals surface area (Å²) in [5, 5.41) is 8.87. The Labute approximate surface area is 105 Å². The Morgan fingerprint density at radius 3 is 2.39 bits per heavy atom. The number of hydrogen-bond acceptors (Lipinski definition) is 3. The fourth-order valence-electron chi connectivity index (χ4n) is 1.41. The van der Waals surface area contributed by atoms with Crippen molar-refractivity contribution in [1.29, 1.82) is 0 Å². The van der Waals surface area contributed by atoms with Crippen LogP contribution in [0, 0.1) is 0 Å². The van der Waals surface area contributed by atoms with Gasteiger partial charge in [0.25, 0.3) is 0 Å². The Hall–Kier alpha value is -1.47. The second kappa shape index (κ2) is 5.03. The lowest BCUT2D eigenvalue weighted by molar-refractivity contribution is -0.0328. The molecule has 0 aliphatic heterocycles. The number of benzene rings is 1. The summed E-state index contributed by atoms with van der Waals surface area (Å²) in [4.78, 5) is 4.05. The van der Waals surface area contributed by atoms with E-state index in [1.165, 1.54) is 18.5 Å². The largest absolute Gasteiger partial charge is 0.446 e. The number of halogens is 3. The predicted octanol–water partition coefficient (Wildman–Crippen LogP) is 2.98. The van der Waals surface area contributed by atoms with E-state index < -0.39 is 5.51 Å². The third-order valence-electron chi connectivity index (χ3n) is 2.17. The van der Waals surface area contributed by atoms with Gasteiger partial charge in [-0.1, -0.05) is 0 Å². The van der Waals surface area contributed by atoms with Gasteiger partial charge in [0, 0.05) is 16.8 Å². The third kappa shape index (κ3) is 3.27. The van der Waals surface area contributed by atoms with Crippen LogP contribution in [-0.4, -0.2) is 20.2 Å². The monoisotopic (exact) mass is 274 g/mol. The minimum Gasteiger partial charge on any atom is -0.390 e. The molecule has 0 saturated heterocycles. The first kappa shape index (κ1) is 13.0. The number of rotatable bonds is 3. The Balaban J connectivity index is 2.17. The summed E-state index contributed by atoms with van der Waals surface area (Å²) < 4.78 is 38.0. The van der Waals surface area contributed by atoms with E-state index in [9.17, 15) is 13.2 Å². The minimum absolute atomic E-state index is 0.133. The topological polar surface area (TPSA) is 38.0 Å². The first-order chi connectivity index (χ1) is 8.48. The molecule has 0 unspecified atom stereocenters. The van der Waals surface area contributed by atoms with Gasteiger partial charge >= 0.3 is 5.51 Å². The number of thioether (sulfide) groups is 1. The second-order valence-corrected chi connectivity index (χ2v) is 4.61. The van der Waals surface area contributed by atoms with Gasteiger partial charge in [0.2, 0.25) is 0 Å². The first-order valence-corrected chi connectivity index (χ1v) is 5.79. The molecule has 0 aliphatic rings. The zero-order valence-electron chi connectivity index (χ0n) is 9.05. The van der Waals surface area contributed by atoms with Gasteiger partial charge in [-0.25, -0.2) is 4.98 Å². The van der Waals surface area contributed by atoms with Crippen LogP contribution in [0.15, 0.2) is 41.7 Å². The second-order valence-electron chi connectivity index (χ2n) is 3.47. The standard InChI is InChI=1S/C11H9F3N2OS/c12-11(13,14)18-10-3-1-9(2-4-10)16-5-8(6-17)15-7-16/h1-5,7,17H,6H2. The van der Waals surface area contributed by atoms with Crippen LogP contribution in [0.3, 0.4) is 0 Å². The van der Waals surface area contributed by atoms with Crippen LogP contribution in [0.25, 0.3) is 5.69 Å². The van der Waals surface area contributed by atoms with Gasteiger partial charge in [0.05, 0.1) is 18.6 Å². The van der Waals surface area contributed by atoms with E-state index in [1.807, 2.05) is 0 Å². The van der Waals surface area contributed by atoms with Crippen molar-refractivity contribution in [3.8, 4) is 5.69 Å². The molecule has 0 aliphatic carbocycles. The highest BCUT2D eigenvalue weighted by Crippen LogP contribution is 2.36. The summed E-state index contributed by atoms with van der Waals surface area (Å²) in [5.41, 5.74) is -3.09. The lowest BCUT2D eigenvalue weighted by Gasteiger charge is -2.06. The molecule has 1 heterocycles. The van der Waals surface area contributed by atoms with Crippen LogP contribution in [0.2, 0.25) is 0 Å². The van der Waals surface area contributed by atoms with Crippen LogP contribution in [0.1, 0.15) is 5.69 Å². The molecule has 2 rings (SSSR count). The van der Waals surface area contributed by atoms with E-state index in [-0.39, 0.29) is 23.3 Å². The Morgan fingerprint density at radius 2 is 1.89 bits per heavy atom. The average molecular weight is 274 g/mol. The highest BCUT2D eigenvalue weighted by molar-refractivity contribution is 8.00. The highest BCUT2D eigenvalue weighted by Gasteiger charge is 2.28. The van der Waals surface area contributed by atoms with E-state index in [2.05, 4.69) is 4.98 Å². The van der Waals surface area contributed by atoms with Gasteiger partial charge in [-0.05, 0) is 36.0 Å². The molecule has 1 N–H and O–H groups in total. The SMILES string of the molecule is OCc1cn(-c2ccc(SC(F)(F)F)cc2)cn1. The number of aliphatic hydroxyl groups excluding tert-OH is 1. The molecule has 7 heteroatoms. The number of aromatic nitrogens is 2. The molecule has 0 atom stereocenters. The van der Waals surface area contributed by atoms with Crippen LogP contribution >= 0.6 is 11.8 Å². The Bertz CT molecular complexity index is 522. The summed E-state index contributed by atoms with van der Waals surface area (Å²) in [5.74, 6) is 0. The summed E-state index contributed by atoms with van der Waals surface area (Å²) >= 11 is -0.151. The van der Waals surface area contributed by atoms with Gasteiger partial charge < -0.3 is 9.67 Å². The van der Waals surface area contributed by atoms with Crippen LogP contribution in [0.4, 0.5) is 13.2 Å². The maximum Gasteiger partial charge on any atom is 0.446 e. The fourth-order valence-corrected chi connectivity index (χ4v) is 1.95. The molecule has 18 heavy (non-hydrogen) atoms. The van der Waals surface area contributed by atoms with Crippen LogP contribution in [0.5, 0.6) is 0 Å². The van der Waals surface area contributed by atoms with E-state index in [1.54, 1.807) is 22.9 Å². The number of alkyl halides is 3. The molecule has 0 spiro atoms. The number of imidazole rings is 1. The minimum atomic E-state index is -4.28. The lowest BCUT2D eigenvalue weighted by atomic mass is 10.3. The maximum atomic E-state index is 12.1. The van der Waals surface area contributed by atoms with Gasteiger partial charge in [-0.3, -0.25) is 0 Å². The molecule has 0 saturated carbocycles. The average Bonchev–Trinajstić information content (AvgIpc) is 2.76. The highest BCUT2D eigenvalue weighted by atomic mass is 32.2. The quantitative estimate of drug-likeness (QED) is 0.874. The van der Waals surface area contributed by atoms with Gasteiger partial charge in [0.1, 0.15) is 0 Å². The smallest absolute Gasteiger partial charge is 0.390 e. The number of nitrogens with zero attached hydrogens (tertiary/aromatic N) is 2. The van der Waals surface area contributed by atoms with Crippen molar-refractivity contribution < 1.29 is 18.3 Å². The first-order valence-electron chi connectivity index (χ1n) is 4.98. The molecule has 3 nitrogen and oxygen atoms in total. The molecule has 1 aromatic carbocycles. The van der Waals surface area contributed by atoms with Gasteiger partial charge in [-0.2, -0.15) is 13.2 Å². The Kier molecular flexibility index (Phi) is 3.63. The van der Waals surface area contributed by atoms with E-state index in [4.69, 9.17) is 5.11 Å². The van der Waals surface area contributed by atoms with Crippen molar-refractivity contribution in [2.75, 3.05) is 0 Å². The normalized spacial score (nSPS) is 11.8.